The molecule has 4 heteroatoms. The molecule has 118 valence electrons. The summed E-state index contributed by atoms with van der Waals surface area (Å²) in [6.45, 7) is 2.02. The fourth-order valence-corrected chi connectivity index (χ4v) is 4.27. The summed E-state index contributed by atoms with van der Waals surface area (Å²) in [6, 6.07) is 21.4. The molecule has 0 spiro atoms. The van der Waals surface area contributed by atoms with Gasteiger partial charge in [-0.05, 0) is 77.3 Å². The quantitative estimate of drug-likeness (QED) is 0.410. The highest BCUT2D eigenvalue weighted by molar-refractivity contribution is 7.16. The fourth-order valence-electron chi connectivity index (χ4n) is 2.69. The number of pyridine rings is 1. The molecule has 0 radical (unpaired) electrons. The summed E-state index contributed by atoms with van der Waals surface area (Å²) < 4.78 is 0. The lowest BCUT2D eigenvalue weighted by molar-refractivity contribution is 1.20. The Balaban J connectivity index is 1.72. The van der Waals surface area contributed by atoms with E-state index in [1.807, 2.05) is 13.1 Å². The Labute approximate surface area is 149 Å². The van der Waals surface area contributed by atoms with Crippen molar-refractivity contribution in [2.75, 3.05) is 4.90 Å². The molecule has 4 aromatic rings. The van der Waals surface area contributed by atoms with Crippen molar-refractivity contribution in [1.29, 1.82) is 0 Å². The number of thiophene rings is 2. The monoisotopic (exact) mass is 348 g/mol. The van der Waals surface area contributed by atoms with Crippen molar-refractivity contribution in [1.82, 2.24) is 4.98 Å². The number of hydrogen-bond acceptors (Lipinski definition) is 4. The first-order valence-electron chi connectivity index (χ1n) is 7.71. The maximum absolute atomic E-state index is 4.27. The van der Waals surface area contributed by atoms with Crippen molar-refractivity contribution in [2.24, 2.45) is 0 Å². The molecule has 3 heterocycles. The van der Waals surface area contributed by atoms with E-state index in [4.69, 9.17) is 0 Å². The van der Waals surface area contributed by atoms with Gasteiger partial charge in [0.1, 0.15) is 10.0 Å². The molecule has 2 nitrogen and oxygen atoms in total. The third-order valence-electron chi connectivity index (χ3n) is 3.81. The largest absolute Gasteiger partial charge is 0.293 e. The maximum atomic E-state index is 4.27. The zero-order chi connectivity index (χ0) is 16.4. The third kappa shape index (κ3) is 2.98. The van der Waals surface area contributed by atoms with Crippen molar-refractivity contribution in [3.05, 3.63) is 83.3 Å². The van der Waals surface area contributed by atoms with E-state index in [1.54, 1.807) is 22.7 Å². The third-order valence-corrected chi connectivity index (χ3v) is 5.52. The molecule has 0 aliphatic heterocycles. The summed E-state index contributed by atoms with van der Waals surface area (Å²) >= 11 is 3.50. The van der Waals surface area contributed by atoms with Crippen LogP contribution in [0.5, 0.6) is 0 Å². The van der Waals surface area contributed by atoms with Gasteiger partial charge in [0.25, 0.3) is 0 Å². The normalized spacial score (nSPS) is 10.7. The Morgan fingerprint density at radius 1 is 0.792 bits per heavy atom. The van der Waals surface area contributed by atoms with Crippen molar-refractivity contribution < 1.29 is 0 Å². The number of rotatable bonds is 4. The van der Waals surface area contributed by atoms with Crippen molar-refractivity contribution in [3.63, 3.8) is 0 Å². The molecular weight excluding hydrogens is 332 g/mol. The topological polar surface area (TPSA) is 16.1 Å². The Morgan fingerprint density at radius 3 is 2.00 bits per heavy atom. The molecule has 0 saturated heterocycles. The van der Waals surface area contributed by atoms with E-state index >= 15 is 0 Å². The van der Waals surface area contributed by atoms with Crippen LogP contribution >= 0.6 is 22.7 Å². The van der Waals surface area contributed by atoms with Gasteiger partial charge in [0.15, 0.2) is 0 Å². The summed E-state index contributed by atoms with van der Waals surface area (Å²) in [5, 5.41) is 6.68. The van der Waals surface area contributed by atoms with Gasteiger partial charge in [0.05, 0.1) is 0 Å². The van der Waals surface area contributed by atoms with Gasteiger partial charge >= 0.3 is 0 Å². The number of benzene rings is 1. The average Bonchev–Trinajstić information content (AvgIpc) is 3.30. The van der Waals surface area contributed by atoms with Gasteiger partial charge in [-0.25, -0.2) is 0 Å². The van der Waals surface area contributed by atoms with Crippen LogP contribution in [0.15, 0.2) is 77.6 Å². The predicted octanol–water partition coefficient (Wildman–Crippen LogP) is 6.65. The number of hydrogen-bond donors (Lipinski definition) is 0. The van der Waals surface area contributed by atoms with Gasteiger partial charge in [-0.2, -0.15) is 0 Å². The number of nitrogens with zero attached hydrogens (tertiary/aromatic N) is 2. The Kier molecular flexibility index (Phi) is 4.15. The predicted molar refractivity (Wildman–Crippen MR) is 105 cm³/mol. The van der Waals surface area contributed by atoms with Crippen LogP contribution in [0.4, 0.5) is 15.7 Å². The summed E-state index contributed by atoms with van der Waals surface area (Å²) in [5.74, 6) is 0. The fraction of sp³-hybridized carbons (Fsp3) is 0.0500. The second kappa shape index (κ2) is 6.59. The lowest BCUT2D eigenvalue weighted by Gasteiger charge is -2.21. The minimum Gasteiger partial charge on any atom is -0.293 e. The highest BCUT2D eigenvalue weighted by Crippen LogP contribution is 2.40. The number of aromatic nitrogens is 1. The summed E-state index contributed by atoms with van der Waals surface area (Å²) in [4.78, 5) is 6.58. The summed E-state index contributed by atoms with van der Waals surface area (Å²) in [5.41, 5.74) is 4.62. The Morgan fingerprint density at radius 2 is 1.46 bits per heavy atom. The highest BCUT2D eigenvalue weighted by Gasteiger charge is 2.14. The van der Waals surface area contributed by atoms with E-state index in [1.165, 1.54) is 26.8 Å². The second-order valence-electron chi connectivity index (χ2n) is 5.47. The Hall–Kier alpha value is -2.43. The standard InChI is InChI=1S/C20H16N2S2/c1-15-14-17(10-11-21-15)16-6-8-18(9-7-16)22(19-4-2-12-23-19)20-5-3-13-24-20/h2-14H,1H3. The first-order chi connectivity index (χ1) is 11.8. The summed E-state index contributed by atoms with van der Waals surface area (Å²) in [7, 11) is 0. The number of aryl methyl sites for hydroxylation is 1. The van der Waals surface area contributed by atoms with Crippen LogP contribution in [-0.4, -0.2) is 4.98 Å². The van der Waals surface area contributed by atoms with Crippen molar-refractivity contribution in [3.8, 4) is 11.1 Å². The summed E-state index contributed by atoms with van der Waals surface area (Å²) in [6.07, 6.45) is 1.86. The lowest BCUT2D eigenvalue weighted by atomic mass is 10.1. The molecule has 3 aromatic heterocycles. The molecule has 0 amide bonds. The van der Waals surface area contributed by atoms with Crippen LogP contribution < -0.4 is 4.90 Å². The average molecular weight is 348 g/mol. The van der Waals surface area contributed by atoms with Crippen LogP contribution in [0.1, 0.15) is 5.69 Å². The van der Waals surface area contributed by atoms with E-state index in [9.17, 15) is 0 Å². The van der Waals surface area contributed by atoms with Gasteiger partial charge in [0, 0.05) is 17.6 Å². The van der Waals surface area contributed by atoms with Gasteiger partial charge in [-0.3, -0.25) is 9.88 Å². The van der Waals surface area contributed by atoms with E-state index in [0.29, 0.717) is 0 Å². The molecular formula is C20H16N2S2. The van der Waals surface area contributed by atoms with Crippen LogP contribution in [0.2, 0.25) is 0 Å². The van der Waals surface area contributed by atoms with Crippen LogP contribution in [-0.2, 0) is 0 Å². The highest BCUT2D eigenvalue weighted by atomic mass is 32.1. The Bertz CT molecular complexity index is 876. The first-order valence-corrected chi connectivity index (χ1v) is 9.47. The van der Waals surface area contributed by atoms with Crippen molar-refractivity contribution in [2.45, 2.75) is 6.92 Å². The minimum absolute atomic E-state index is 1.04. The first kappa shape index (κ1) is 15.1. The van der Waals surface area contributed by atoms with Gasteiger partial charge in [-0.15, -0.1) is 22.7 Å². The van der Waals surface area contributed by atoms with Crippen LogP contribution in [0, 0.1) is 6.92 Å². The molecule has 1 aromatic carbocycles. The minimum atomic E-state index is 1.04. The second-order valence-corrected chi connectivity index (χ2v) is 7.32. The molecule has 0 saturated carbocycles. The zero-order valence-corrected chi connectivity index (χ0v) is 14.8. The SMILES string of the molecule is Cc1cc(-c2ccc(N(c3cccs3)c3cccs3)cc2)ccn1. The van der Waals surface area contributed by atoms with Crippen LogP contribution in [0.3, 0.4) is 0 Å². The van der Waals surface area contributed by atoms with E-state index in [-0.39, 0.29) is 0 Å². The molecule has 0 bridgehead atoms. The van der Waals surface area contributed by atoms with E-state index in [2.05, 4.69) is 81.3 Å². The van der Waals surface area contributed by atoms with Gasteiger partial charge in [0.2, 0.25) is 0 Å². The molecule has 0 unspecified atom stereocenters. The molecule has 0 aliphatic carbocycles. The number of anilines is 3. The molecule has 4 rings (SSSR count). The van der Waals surface area contributed by atoms with E-state index < -0.39 is 0 Å². The maximum Gasteiger partial charge on any atom is 0.101 e. The smallest absolute Gasteiger partial charge is 0.101 e. The molecule has 24 heavy (non-hydrogen) atoms. The van der Waals surface area contributed by atoms with Gasteiger partial charge in [-0.1, -0.05) is 12.1 Å². The van der Waals surface area contributed by atoms with Crippen LogP contribution in [0.25, 0.3) is 11.1 Å². The van der Waals surface area contributed by atoms with Gasteiger partial charge < -0.3 is 0 Å². The zero-order valence-electron chi connectivity index (χ0n) is 13.2. The molecule has 0 aliphatic rings. The lowest BCUT2D eigenvalue weighted by Crippen LogP contribution is -2.06. The molecule has 0 fully saturated rings. The van der Waals surface area contributed by atoms with Crippen molar-refractivity contribution >= 4 is 38.4 Å². The molecule has 0 atom stereocenters. The molecule has 0 N–H and O–H groups in total. The van der Waals surface area contributed by atoms with E-state index in [0.717, 1.165) is 5.69 Å².